The molecule has 0 radical (unpaired) electrons. The summed E-state index contributed by atoms with van der Waals surface area (Å²) in [6, 6.07) is 4.81. The third kappa shape index (κ3) is 6.64. The van der Waals surface area contributed by atoms with Crippen molar-refractivity contribution in [2.75, 3.05) is 7.05 Å². The number of rotatable bonds is 5. The monoisotopic (exact) mass is 360 g/mol. The van der Waals surface area contributed by atoms with Crippen molar-refractivity contribution in [1.29, 1.82) is 0 Å². The summed E-state index contributed by atoms with van der Waals surface area (Å²) in [7, 11) is 1.45. The molecule has 0 spiro atoms. The van der Waals surface area contributed by atoms with Crippen molar-refractivity contribution in [1.82, 2.24) is 10.2 Å². The summed E-state index contributed by atoms with van der Waals surface area (Å²) >= 11 is 0. The van der Waals surface area contributed by atoms with Crippen molar-refractivity contribution >= 4 is 11.8 Å². The second-order valence-corrected chi connectivity index (χ2v) is 6.79. The molecule has 0 aliphatic carbocycles. The Balaban J connectivity index is 2.80. The van der Waals surface area contributed by atoms with Gasteiger partial charge in [-0.2, -0.15) is 0 Å². The van der Waals surface area contributed by atoms with Gasteiger partial charge in [0, 0.05) is 24.6 Å². The second-order valence-electron chi connectivity index (χ2n) is 6.79. The molecule has 0 aliphatic rings. The lowest BCUT2D eigenvalue weighted by Crippen LogP contribution is -2.48. The highest BCUT2D eigenvalue weighted by atomic mass is 19.4. The Morgan fingerprint density at radius 2 is 1.76 bits per heavy atom. The summed E-state index contributed by atoms with van der Waals surface area (Å²) in [6.07, 6.45) is -4.81. The number of hydrogen-bond acceptors (Lipinski definition) is 3. The number of nitrogens with zero attached hydrogens (tertiary/aromatic N) is 1. The van der Waals surface area contributed by atoms with Crippen molar-refractivity contribution in [3.05, 3.63) is 29.8 Å². The Labute approximate surface area is 145 Å². The Kier molecular flexibility index (Phi) is 6.45. The van der Waals surface area contributed by atoms with E-state index < -0.39 is 23.7 Å². The number of nitrogens with one attached hydrogen (secondary N) is 1. The first-order valence-corrected chi connectivity index (χ1v) is 7.71. The van der Waals surface area contributed by atoms with E-state index in [9.17, 15) is 22.8 Å². The largest absolute Gasteiger partial charge is 0.573 e. The molecule has 5 nitrogen and oxygen atoms in total. The number of likely N-dealkylation sites (N-methyl/N-ethyl adjacent to an activating group) is 1. The topological polar surface area (TPSA) is 58.6 Å². The van der Waals surface area contributed by atoms with Crippen LogP contribution in [0.15, 0.2) is 24.3 Å². The molecule has 1 atom stereocenters. The lowest BCUT2D eigenvalue weighted by atomic mass is 9.95. The summed E-state index contributed by atoms with van der Waals surface area (Å²) in [5.41, 5.74) is -0.440. The number of hydrogen-bond donors (Lipinski definition) is 1. The summed E-state index contributed by atoms with van der Waals surface area (Å²) in [4.78, 5) is 25.5. The van der Waals surface area contributed by atoms with E-state index in [1.54, 1.807) is 26.8 Å². The number of alkyl halides is 3. The van der Waals surface area contributed by atoms with Crippen molar-refractivity contribution < 1.29 is 27.5 Å². The summed E-state index contributed by atoms with van der Waals surface area (Å²) in [5, 5.41) is 2.60. The highest BCUT2D eigenvalue weighted by molar-refractivity contribution is 5.89. The van der Waals surface area contributed by atoms with Crippen molar-refractivity contribution in [3.8, 4) is 5.75 Å². The fourth-order valence-electron chi connectivity index (χ4n) is 2.00. The molecule has 25 heavy (non-hydrogen) atoms. The van der Waals surface area contributed by atoms with Crippen LogP contribution in [0.1, 0.15) is 33.3 Å². The first kappa shape index (κ1) is 20.8. The van der Waals surface area contributed by atoms with Gasteiger partial charge in [0.15, 0.2) is 0 Å². The number of ether oxygens (including phenoxy) is 1. The van der Waals surface area contributed by atoms with Gasteiger partial charge in [-0.15, -0.1) is 13.2 Å². The molecule has 0 aromatic heterocycles. The van der Waals surface area contributed by atoms with E-state index in [0.717, 1.165) is 0 Å². The number of carbonyl (C=O) groups excluding carboxylic acids is 2. The Hall–Kier alpha value is -2.25. The molecule has 0 saturated heterocycles. The van der Waals surface area contributed by atoms with Gasteiger partial charge in [-0.3, -0.25) is 9.59 Å². The molecule has 0 fully saturated rings. The van der Waals surface area contributed by atoms with Gasteiger partial charge >= 0.3 is 6.36 Å². The van der Waals surface area contributed by atoms with Crippen LogP contribution in [0.5, 0.6) is 5.75 Å². The van der Waals surface area contributed by atoms with Crippen LogP contribution in [0, 0.1) is 5.41 Å². The normalized spacial score (nSPS) is 13.1. The SMILES string of the molecule is CC(NC(=O)C(C)(C)C)C(=O)N(C)Cc1ccccc1OC(F)(F)F. The summed E-state index contributed by atoms with van der Waals surface area (Å²) < 4.78 is 41.3. The van der Waals surface area contributed by atoms with Crippen LogP contribution in [-0.4, -0.2) is 36.2 Å². The quantitative estimate of drug-likeness (QED) is 0.878. The van der Waals surface area contributed by atoms with E-state index in [2.05, 4.69) is 10.1 Å². The number of para-hydroxylation sites is 1. The average Bonchev–Trinajstić information content (AvgIpc) is 2.45. The van der Waals surface area contributed by atoms with Gasteiger partial charge < -0.3 is 15.0 Å². The molecule has 140 valence electrons. The van der Waals surface area contributed by atoms with Crippen molar-refractivity contribution in [2.45, 2.75) is 46.6 Å². The molecular formula is C17H23F3N2O3. The van der Waals surface area contributed by atoms with Gasteiger partial charge in [0.1, 0.15) is 11.8 Å². The predicted octanol–water partition coefficient (Wildman–Crippen LogP) is 3.09. The van der Waals surface area contributed by atoms with Gasteiger partial charge in [-0.25, -0.2) is 0 Å². The van der Waals surface area contributed by atoms with Gasteiger partial charge in [0.05, 0.1) is 0 Å². The highest BCUT2D eigenvalue weighted by Gasteiger charge is 2.32. The number of halogens is 3. The molecule has 1 aromatic rings. The Morgan fingerprint density at radius 3 is 2.28 bits per heavy atom. The minimum atomic E-state index is -4.81. The third-order valence-corrected chi connectivity index (χ3v) is 3.38. The minimum absolute atomic E-state index is 0.0825. The Bertz CT molecular complexity index is 624. The Morgan fingerprint density at radius 1 is 1.20 bits per heavy atom. The molecule has 0 saturated carbocycles. The van der Waals surface area contributed by atoms with Crippen LogP contribution >= 0.6 is 0 Å². The van der Waals surface area contributed by atoms with E-state index in [1.165, 1.54) is 37.1 Å². The van der Waals surface area contributed by atoms with E-state index in [0.29, 0.717) is 0 Å². The van der Waals surface area contributed by atoms with Crippen molar-refractivity contribution in [3.63, 3.8) is 0 Å². The fourth-order valence-corrected chi connectivity index (χ4v) is 2.00. The van der Waals surface area contributed by atoms with Crippen LogP contribution < -0.4 is 10.1 Å². The molecule has 1 N–H and O–H groups in total. The highest BCUT2D eigenvalue weighted by Crippen LogP contribution is 2.27. The van der Waals surface area contributed by atoms with Crippen LogP contribution in [0.2, 0.25) is 0 Å². The van der Waals surface area contributed by atoms with E-state index in [4.69, 9.17) is 0 Å². The van der Waals surface area contributed by atoms with Gasteiger partial charge in [0.25, 0.3) is 0 Å². The van der Waals surface area contributed by atoms with E-state index in [1.807, 2.05) is 0 Å². The average molecular weight is 360 g/mol. The molecule has 8 heteroatoms. The molecule has 0 heterocycles. The first-order valence-electron chi connectivity index (χ1n) is 7.71. The molecule has 0 aliphatic heterocycles. The van der Waals surface area contributed by atoms with Gasteiger partial charge in [-0.1, -0.05) is 39.0 Å². The van der Waals surface area contributed by atoms with Crippen molar-refractivity contribution in [2.24, 2.45) is 5.41 Å². The standard InChI is InChI=1S/C17H23F3N2O3/c1-11(21-15(24)16(2,3)4)14(23)22(5)10-12-8-6-7-9-13(12)25-17(18,19)20/h6-9,11H,10H2,1-5H3,(H,21,24). The zero-order valence-corrected chi connectivity index (χ0v) is 14.9. The number of benzene rings is 1. The maximum atomic E-state index is 12.5. The molecule has 1 rings (SSSR count). The first-order chi connectivity index (χ1) is 11.3. The minimum Gasteiger partial charge on any atom is -0.405 e. The van der Waals surface area contributed by atoms with E-state index >= 15 is 0 Å². The van der Waals surface area contributed by atoms with E-state index in [-0.39, 0.29) is 23.8 Å². The fraction of sp³-hybridized carbons (Fsp3) is 0.529. The smallest absolute Gasteiger partial charge is 0.405 e. The lowest BCUT2D eigenvalue weighted by Gasteiger charge is -2.26. The molecule has 0 bridgehead atoms. The predicted molar refractivity (Wildman–Crippen MR) is 86.7 cm³/mol. The van der Waals surface area contributed by atoms with Crippen LogP contribution in [0.25, 0.3) is 0 Å². The summed E-state index contributed by atoms with van der Waals surface area (Å²) in [5.74, 6) is -1.07. The second kappa shape index (κ2) is 7.76. The molecular weight excluding hydrogens is 337 g/mol. The third-order valence-electron chi connectivity index (χ3n) is 3.38. The lowest BCUT2D eigenvalue weighted by molar-refractivity contribution is -0.275. The van der Waals surface area contributed by atoms with Gasteiger partial charge in [-0.05, 0) is 13.0 Å². The zero-order chi connectivity index (χ0) is 19.4. The zero-order valence-electron chi connectivity index (χ0n) is 14.9. The molecule has 1 aromatic carbocycles. The number of amides is 2. The van der Waals surface area contributed by atoms with Gasteiger partial charge in [0.2, 0.25) is 11.8 Å². The van der Waals surface area contributed by atoms with Crippen LogP contribution in [0.4, 0.5) is 13.2 Å². The van der Waals surface area contributed by atoms with Crippen LogP contribution in [0.3, 0.4) is 0 Å². The number of carbonyl (C=O) groups is 2. The molecule has 2 amide bonds. The maximum absolute atomic E-state index is 12.5. The maximum Gasteiger partial charge on any atom is 0.573 e. The molecule has 1 unspecified atom stereocenters. The van der Waals surface area contributed by atoms with Crippen LogP contribution in [-0.2, 0) is 16.1 Å². The summed E-state index contributed by atoms with van der Waals surface area (Å²) in [6.45, 7) is 6.59.